The maximum absolute atomic E-state index is 12.4. The van der Waals surface area contributed by atoms with E-state index in [0.717, 1.165) is 6.42 Å². The zero-order chi connectivity index (χ0) is 25.1. The fourth-order valence-corrected chi connectivity index (χ4v) is 3.93. The lowest BCUT2D eigenvalue weighted by Crippen LogP contribution is -2.44. The minimum atomic E-state index is -1.22. The third-order valence-electron chi connectivity index (χ3n) is 4.91. The number of hydrogen-bond donors (Lipinski definition) is 6. The highest BCUT2D eigenvalue weighted by Crippen LogP contribution is 2.35. The summed E-state index contributed by atoms with van der Waals surface area (Å²) in [7, 11) is 0. The number of nitrogens with one attached hydrogen (secondary N) is 2. The SMILES string of the molecule is CC(C)(C)CC(C)(C)CC(=O)NC(CCC(=O)NC(CO)CCCC(N)C(=O)O)C(=O)O. The van der Waals surface area contributed by atoms with Crippen LogP contribution in [0, 0.1) is 10.8 Å². The lowest BCUT2D eigenvalue weighted by atomic mass is 9.74. The maximum atomic E-state index is 12.4. The molecule has 0 aromatic carbocycles. The van der Waals surface area contributed by atoms with Crippen molar-refractivity contribution in [3.05, 3.63) is 0 Å². The molecule has 3 atom stereocenters. The van der Waals surface area contributed by atoms with E-state index in [4.69, 9.17) is 10.8 Å². The Hall–Kier alpha value is -2.20. The molecule has 3 unspecified atom stereocenters. The Bertz CT molecular complexity index is 644. The highest BCUT2D eigenvalue weighted by Gasteiger charge is 2.30. The molecule has 0 radical (unpaired) electrons. The molecule has 0 saturated carbocycles. The van der Waals surface area contributed by atoms with Gasteiger partial charge in [-0.05, 0) is 42.9 Å². The van der Waals surface area contributed by atoms with Crippen molar-refractivity contribution in [2.45, 2.75) is 97.7 Å². The van der Waals surface area contributed by atoms with Crippen LogP contribution in [0.2, 0.25) is 0 Å². The molecule has 0 aromatic rings. The van der Waals surface area contributed by atoms with E-state index in [1.165, 1.54) is 0 Å². The number of carboxylic acids is 2. The molecule has 0 aliphatic rings. The molecule has 2 amide bonds. The van der Waals surface area contributed by atoms with Crippen LogP contribution in [0.1, 0.15) is 79.6 Å². The van der Waals surface area contributed by atoms with Crippen LogP contribution in [-0.2, 0) is 19.2 Å². The van der Waals surface area contributed by atoms with Crippen molar-refractivity contribution in [1.29, 1.82) is 0 Å². The minimum Gasteiger partial charge on any atom is -0.480 e. The first-order valence-electron chi connectivity index (χ1n) is 11.0. The maximum Gasteiger partial charge on any atom is 0.326 e. The van der Waals surface area contributed by atoms with Gasteiger partial charge in [-0.2, -0.15) is 0 Å². The Morgan fingerprint density at radius 3 is 1.94 bits per heavy atom. The van der Waals surface area contributed by atoms with E-state index in [-0.39, 0.29) is 49.0 Å². The Labute approximate surface area is 190 Å². The van der Waals surface area contributed by atoms with Crippen LogP contribution in [-0.4, -0.2) is 63.8 Å². The largest absolute Gasteiger partial charge is 0.480 e. The van der Waals surface area contributed by atoms with E-state index in [1.807, 2.05) is 13.8 Å². The van der Waals surface area contributed by atoms with Crippen LogP contribution in [0.4, 0.5) is 0 Å². The lowest BCUT2D eigenvalue weighted by molar-refractivity contribution is -0.142. The Morgan fingerprint density at radius 2 is 1.47 bits per heavy atom. The summed E-state index contributed by atoms with van der Waals surface area (Å²) in [5.74, 6) is -3.17. The fourth-order valence-electron chi connectivity index (χ4n) is 3.93. The Balaban J connectivity index is 4.61. The molecule has 0 bridgehead atoms. The monoisotopic (exact) mass is 459 g/mol. The number of carbonyl (C=O) groups is 4. The molecule has 0 spiro atoms. The van der Waals surface area contributed by atoms with Crippen molar-refractivity contribution in [3.8, 4) is 0 Å². The fraction of sp³-hybridized carbons (Fsp3) is 0.818. The molecule has 32 heavy (non-hydrogen) atoms. The quantitative estimate of drug-likeness (QED) is 0.212. The van der Waals surface area contributed by atoms with Gasteiger partial charge in [0.2, 0.25) is 11.8 Å². The molecule has 186 valence electrons. The molecule has 0 heterocycles. The van der Waals surface area contributed by atoms with Crippen LogP contribution in [0.15, 0.2) is 0 Å². The third-order valence-corrected chi connectivity index (χ3v) is 4.91. The van der Waals surface area contributed by atoms with Gasteiger partial charge in [-0.15, -0.1) is 0 Å². The van der Waals surface area contributed by atoms with Crippen molar-refractivity contribution in [2.75, 3.05) is 6.61 Å². The van der Waals surface area contributed by atoms with Gasteiger partial charge in [-0.25, -0.2) is 4.79 Å². The molecule has 7 N–H and O–H groups in total. The summed E-state index contributed by atoms with van der Waals surface area (Å²) < 4.78 is 0. The van der Waals surface area contributed by atoms with Crippen LogP contribution < -0.4 is 16.4 Å². The van der Waals surface area contributed by atoms with E-state index in [0.29, 0.717) is 12.8 Å². The number of carbonyl (C=O) groups excluding carboxylic acids is 2. The molecule has 0 saturated heterocycles. The average Bonchev–Trinajstić information content (AvgIpc) is 2.60. The number of aliphatic hydroxyl groups is 1. The van der Waals surface area contributed by atoms with Crippen molar-refractivity contribution < 1.29 is 34.5 Å². The number of hydrogen-bond acceptors (Lipinski definition) is 6. The summed E-state index contributed by atoms with van der Waals surface area (Å²) >= 11 is 0. The first-order chi connectivity index (χ1) is 14.6. The van der Waals surface area contributed by atoms with Crippen LogP contribution in [0.3, 0.4) is 0 Å². The molecule has 0 fully saturated rings. The van der Waals surface area contributed by atoms with Gasteiger partial charge in [0, 0.05) is 12.8 Å². The van der Waals surface area contributed by atoms with Crippen LogP contribution >= 0.6 is 0 Å². The van der Waals surface area contributed by atoms with Gasteiger partial charge < -0.3 is 31.7 Å². The van der Waals surface area contributed by atoms with Gasteiger partial charge in [-0.3, -0.25) is 14.4 Å². The number of aliphatic carboxylic acids is 2. The summed E-state index contributed by atoms with van der Waals surface area (Å²) in [5, 5.41) is 32.7. The molecular weight excluding hydrogens is 418 g/mol. The zero-order valence-electron chi connectivity index (χ0n) is 19.9. The summed E-state index contributed by atoms with van der Waals surface area (Å²) in [6, 6.07) is -2.78. The van der Waals surface area contributed by atoms with Crippen LogP contribution in [0.5, 0.6) is 0 Å². The number of aliphatic hydroxyl groups excluding tert-OH is 1. The predicted molar refractivity (Wildman–Crippen MR) is 120 cm³/mol. The number of rotatable bonds is 15. The molecule has 10 heteroatoms. The number of nitrogens with two attached hydrogens (primary N) is 1. The summed E-state index contributed by atoms with van der Waals surface area (Å²) in [5.41, 5.74) is 5.14. The van der Waals surface area contributed by atoms with Crippen LogP contribution in [0.25, 0.3) is 0 Å². The normalized spacial score (nSPS) is 14.8. The van der Waals surface area contributed by atoms with Crippen molar-refractivity contribution >= 4 is 23.8 Å². The van der Waals surface area contributed by atoms with E-state index >= 15 is 0 Å². The topological polar surface area (TPSA) is 179 Å². The second-order valence-corrected chi connectivity index (χ2v) is 10.4. The first-order valence-corrected chi connectivity index (χ1v) is 11.0. The summed E-state index contributed by atoms with van der Waals surface area (Å²) in [6.45, 7) is 9.80. The molecule has 10 nitrogen and oxygen atoms in total. The summed E-state index contributed by atoms with van der Waals surface area (Å²) in [6.07, 6.45) is 1.67. The second-order valence-electron chi connectivity index (χ2n) is 10.4. The highest BCUT2D eigenvalue weighted by atomic mass is 16.4. The van der Waals surface area contributed by atoms with E-state index in [2.05, 4.69) is 31.4 Å². The van der Waals surface area contributed by atoms with Gasteiger partial charge in [-0.1, -0.05) is 34.6 Å². The lowest BCUT2D eigenvalue weighted by Gasteiger charge is -2.32. The van der Waals surface area contributed by atoms with Crippen molar-refractivity contribution in [3.63, 3.8) is 0 Å². The predicted octanol–water partition coefficient (Wildman–Crippen LogP) is 1.25. The Kier molecular flexibility index (Phi) is 12.5. The minimum absolute atomic E-state index is 0.0238. The van der Waals surface area contributed by atoms with Gasteiger partial charge in [0.25, 0.3) is 0 Å². The molecule has 0 aliphatic heterocycles. The van der Waals surface area contributed by atoms with Gasteiger partial charge in [0.05, 0.1) is 12.6 Å². The second kappa shape index (κ2) is 13.4. The van der Waals surface area contributed by atoms with Gasteiger partial charge in [0.15, 0.2) is 0 Å². The van der Waals surface area contributed by atoms with E-state index in [1.54, 1.807) is 0 Å². The standard InChI is InChI=1S/C22H41N3O7/c1-21(2,3)13-22(4,5)11-18(28)25-16(20(31)32)9-10-17(27)24-14(12-26)7-6-8-15(23)19(29)30/h14-16,26H,6-13,23H2,1-5H3,(H,24,27)(H,25,28)(H,29,30)(H,31,32). The van der Waals surface area contributed by atoms with E-state index < -0.39 is 36.0 Å². The summed E-state index contributed by atoms with van der Waals surface area (Å²) in [4.78, 5) is 46.8. The van der Waals surface area contributed by atoms with E-state index in [9.17, 15) is 29.4 Å². The smallest absolute Gasteiger partial charge is 0.326 e. The average molecular weight is 460 g/mol. The van der Waals surface area contributed by atoms with Crippen molar-refractivity contribution in [1.82, 2.24) is 10.6 Å². The molecular formula is C22H41N3O7. The van der Waals surface area contributed by atoms with Gasteiger partial charge >= 0.3 is 11.9 Å². The first kappa shape index (κ1) is 29.8. The zero-order valence-corrected chi connectivity index (χ0v) is 19.9. The number of amides is 2. The molecule has 0 rings (SSSR count). The molecule has 0 aromatic heterocycles. The molecule has 0 aliphatic carbocycles. The Morgan fingerprint density at radius 1 is 0.875 bits per heavy atom. The third kappa shape index (κ3) is 14.0. The van der Waals surface area contributed by atoms with Crippen molar-refractivity contribution in [2.24, 2.45) is 16.6 Å². The highest BCUT2D eigenvalue weighted by molar-refractivity contribution is 5.84. The van der Waals surface area contributed by atoms with Gasteiger partial charge in [0.1, 0.15) is 12.1 Å². The number of carboxylic acid groups (broad SMARTS) is 2.